The standard InChI is InChI=1S/C22H23N3O5/c1-6-12-30-21(27)16-13(3)23-19-18(20(26)25(5)22(28)24(19)4)17(16)14-8-10-15(11-9-14)29-7-2/h6,8-11H,1,7,12H2,2-5H3. The second kappa shape index (κ2) is 8.36. The Balaban J connectivity index is 2.45. The SMILES string of the molecule is C=CCOC(=O)c1c(C)nc2c(c1-c1ccc(OCC)cc1)c(=O)n(C)c(=O)n2C. The van der Waals surface area contributed by atoms with Crippen molar-refractivity contribution in [2.75, 3.05) is 13.2 Å². The highest BCUT2D eigenvalue weighted by atomic mass is 16.5. The zero-order valence-electron chi connectivity index (χ0n) is 17.4. The average molecular weight is 409 g/mol. The number of aryl methyl sites for hydroxylation is 2. The summed E-state index contributed by atoms with van der Waals surface area (Å²) in [6.07, 6.45) is 1.46. The van der Waals surface area contributed by atoms with E-state index < -0.39 is 17.2 Å². The van der Waals surface area contributed by atoms with Gasteiger partial charge in [-0.15, -0.1) is 0 Å². The van der Waals surface area contributed by atoms with Crippen molar-refractivity contribution in [2.45, 2.75) is 13.8 Å². The lowest BCUT2D eigenvalue weighted by Crippen LogP contribution is -2.38. The molecule has 156 valence electrons. The van der Waals surface area contributed by atoms with Gasteiger partial charge in [0.1, 0.15) is 18.0 Å². The Kier molecular flexibility index (Phi) is 5.86. The van der Waals surface area contributed by atoms with Crippen molar-refractivity contribution < 1.29 is 14.3 Å². The minimum absolute atomic E-state index is 0.0182. The van der Waals surface area contributed by atoms with Gasteiger partial charge < -0.3 is 9.47 Å². The number of pyridine rings is 1. The first kappa shape index (κ1) is 21.0. The zero-order valence-corrected chi connectivity index (χ0v) is 17.4. The van der Waals surface area contributed by atoms with E-state index in [1.54, 1.807) is 31.2 Å². The average Bonchev–Trinajstić information content (AvgIpc) is 2.74. The summed E-state index contributed by atoms with van der Waals surface area (Å²) in [5.74, 6) is 0.0361. The summed E-state index contributed by atoms with van der Waals surface area (Å²) in [6, 6.07) is 7.03. The molecule has 0 bridgehead atoms. The molecule has 3 aromatic rings. The molecule has 0 aliphatic rings. The second-order valence-electron chi connectivity index (χ2n) is 6.70. The maximum absolute atomic E-state index is 13.1. The van der Waals surface area contributed by atoms with Crippen LogP contribution in [-0.2, 0) is 18.8 Å². The topological polar surface area (TPSA) is 92.4 Å². The van der Waals surface area contributed by atoms with Crippen LogP contribution >= 0.6 is 0 Å². The van der Waals surface area contributed by atoms with Crippen LogP contribution in [0.15, 0.2) is 46.5 Å². The van der Waals surface area contributed by atoms with Gasteiger partial charge in [0.2, 0.25) is 0 Å². The van der Waals surface area contributed by atoms with Crippen molar-refractivity contribution in [1.82, 2.24) is 14.1 Å². The number of benzene rings is 1. The van der Waals surface area contributed by atoms with E-state index in [0.717, 1.165) is 4.57 Å². The summed E-state index contributed by atoms with van der Waals surface area (Å²) in [6.45, 7) is 7.61. The first-order chi connectivity index (χ1) is 14.3. The normalized spacial score (nSPS) is 10.8. The van der Waals surface area contributed by atoms with Gasteiger partial charge in [-0.2, -0.15) is 0 Å². The van der Waals surface area contributed by atoms with Crippen LogP contribution in [-0.4, -0.2) is 33.3 Å². The molecule has 8 nitrogen and oxygen atoms in total. The van der Waals surface area contributed by atoms with E-state index in [-0.39, 0.29) is 23.2 Å². The Hall–Kier alpha value is -3.68. The Morgan fingerprint density at radius 3 is 2.43 bits per heavy atom. The number of aromatic nitrogens is 3. The highest BCUT2D eigenvalue weighted by Gasteiger charge is 2.25. The van der Waals surface area contributed by atoms with Crippen molar-refractivity contribution in [3.63, 3.8) is 0 Å². The Morgan fingerprint density at radius 2 is 1.83 bits per heavy atom. The molecule has 30 heavy (non-hydrogen) atoms. The molecule has 0 atom stereocenters. The van der Waals surface area contributed by atoms with Gasteiger partial charge in [0.15, 0.2) is 0 Å². The fourth-order valence-electron chi connectivity index (χ4n) is 3.33. The maximum Gasteiger partial charge on any atom is 0.340 e. The van der Waals surface area contributed by atoms with Gasteiger partial charge in [-0.25, -0.2) is 14.6 Å². The van der Waals surface area contributed by atoms with E-state index in [9.17, 15) is 14.4 Å². The number of esters is 1. The van der Waals surface area contributed by atoms with E-state index in [1.807, 2.05) is 6.92 Å². The van der Waals surface area contributed by atoms with Crippen molar-refractivity contribution in [3.8, 4) is 16.9 Å². The largest absolute Gasteiger partial charge is 0.494 e. The molecular weight excluding hydrogens is 386 g/mol. The van der Waals surface area contributed by atoms with Gasteiger partial charge >= 0.3 is 11.7 Å². The quantitative estimate of drug-likeness (QED) is 0.458. The first-order valence-corrected chi connectivity index (χ1v) is 9.43. The lowest BCUT2D eigenvalue weighted by molar-refractivity contribution is 0.0549. The van der Waals surface area contributed by atoms with Gasteiger partial charge in [-0.05, 0) is 31.5 Å². The molecule has 1 aromatic carbocycles. The molecule has 0 aliphatic carbocycles. The Morgan fingerprint density at radius 1 is 1.17 bits per heavy atom. The van der Waals surface area contributed by atoms with E-state index in [0.29, 0.717) is 29.2 Å². The number of rotatable bonds is 6. The fraction of sp³-hybridized carbons (Fsp3) is 0.273. The number of nitrogens with zero attached hydrogens (tertiary/aromatic N) is 3. The maximum atomic E-state index is 13.1. The van der Waals surface area contributed by atoms with E-state index in [1.165, 1.54) is 24.7 Å². The second-order valence-corrected chi connectivity index (χ2v) is 6.70. The molecule has 3 rings (SSSR count). The first-order valence-electron chi connectivity index (χ1n) is 9.43. The highest BCUT2D eigenvalue weighted by molar-refractivity contribution is 6.07. The van der Waals surface area contributed by atoms with Crippen molar-refractivity contribution in [2.24, 2.45) is 14.1 Å². The number of fused-ring (bicyclic) bond motifs is 1. The number of ether oxygens (including phenoxy) is 2. The lowest BCUT2D eigenvalue weighted by Gasteiger charge is -2.17. The van der Waals surface area contributed by atoms with E-state index in [4.69, 9.17) is 9.47 Å². The summed E-state index contributed by atoms with van der Waals surface area (Å²) in [5.41, 5.74) is 0.653. The smallest absolute Gasteiger partial charge is 0.340 e. The molecule has 8 heteroatoms. The molecule has 0 amide bonds. The fourth-order valence-corrected chi connectivity index (χ4v) is 3.33. The van der Waals surface area contributed by atoms with Gasteiger partial charge in [0.25, 0.3) is 5.56 Å². The highest BCUT2D eigenvalue weighted by Crippen LogP contribution is 2.32. The molecule has 0 fully saturated rings. The summed E-state index contributed by atoms with van der Waals surface area (Å²) in [7, 11) is 2.93. The van der Waals surface area contributed by atoms with Crippen LogP contribution in [0, 0.1) is 6.92 Å². The molecule has 0 saturated carbocycles. The Labute approximate surface area is 173 Å². The van der Waals surface area contributed by atoms with Crippen LogP contribution in [0.5, 0.6) is 5.75 Å². The number of carbonyl (C=O) groups is 1. The van der Waals surface area contributed by atoms with Crippen LogP contribution in [0.3, 0.4) is 0 Å². The third-order valence-electron chi connectivity index (χ3n) is 4.76. The number of carbonyl (C=O) groups excluding carboxylic acids is 1. The summed E-state index contributed by atoms with van der Waals surface area (Å²) in [4.78, 5) is 42.8. The minimum atomic E-state index is -0.624. The number of hydrogen-bond donors (Lipinski definition) is 0. The van der Waals surface area contributed by atoms with Crippen molar-refractivity contribution in [3.05, 3.63) is 69.0 Å². The molecule has 0 unspecified atom stereocenters. The third-order valence-corrected chi connectivity index (χ3v) is 4.76. The van der Waals surface area contributed by atoms with E-state index >= 15 is 0 Å². The van der Waals surface area contributed by atoms with Crippen LogP contribution in [0.25, 0.3) is 22.2 Å². The van der Waals surface area contributed by atoms with Crippen molar-refractivity contribution in [1.29, 1.82) is 0 Å². The van der Waals surface area contributed by atoms with Crippen molar-refractivity contribution >= 4 is 17.0 Å². The van der Waals surface area contributed by atoms with Crippen LogP contribution < -0.4 is 16.0 Å². The van der Waals surface area contributed by atoms with Gasteiger partial charge in [-0.3, -0.25) is 13.9 Å². The molecule has 0 saturated heterocycles. The predicted octanol–water partition coefficient (Wildman–Crippen LogP) is 2.35. The lowest BCUT2D eigenvalue weighted by atomic mass is 9.95. The minimum Gasteiger partial charge on any atom is -0.494 e. The molecule has 2 heterocycles. The molecule has 2 aromatic heterocycles. The van der Waals surface area contributed by atoms with Crippen LogP contribution in [0.1, 0.15) is 23.0 Å². The monoisotopic (exact) mass is 409 g/mol. The zero-order chi connectivity index (χ0) is 22.0. The third kappa shape index (κ3) is 3.52. The summed E-state index contributed by atoms with van der Waals surface area (Å²) in [5, 5.41) is 0.167. The van der Waals surface area contributed by atoms with Gasteiger partial charge in [0, 0.05) is 19.7 Å². The van der Waals surface area contributed by atoms with E-state index in [2.05, 4.69) is 11.6 Å². The van der Waals surface area contributed by atoms with Crippen LogP contribution in [0.2, 0.25) is 0 Å². The molecular formula is C22H23N3O5. The van der Waals surface area contributed by atoms with Crippen LogP contribution in [0.4, 0.5) is 0 Å². The Bertz CT molecular complexity index is 1250. The molecule has 0 aliphatic heterocycles. The molecule has 0 N–H and O–H groups in total. The molecule has 0 radical (unpaired) electrons. The summed E-state index contributed by atoms with van der Waals surface area (Å²) < 4.78 is 13.0. The molecule has 0 spiro atoms. The van der Waals surface area contributed by atoms with Gasteiger partial charge in [-0.1, -0.05) is 24.8 Å². The number of hydrogen-bond acceptors (Lipinski definition) is 6. The predicted molar refractivity (Wildman–Crippen MR) is 114 cm³/mol. The van der Waals surface area contributed by atoms with Gasteiger partial charge in [0.05, 0.1) is 23.3 Å². The summed E-state index contributed by atoms with van der Waals surface area (Å²) >= 11 is 0.